The van der Waals surface area contributed by atoms with Crippen molar-refractivity contribution in [3.05, 3.63) is 52.3 Å². The van der Waals surface area contributed by atoms with Crippen LogP contribution in [0.4, 0.5) is 0 Å². The van der Waals surface area contributed by atoms with Gasteiger partial charge in [-0.3, -0.25) is 14.3 Å². The lowest BCUT2D eigenvalue weighted by Gasteiger charge is -2.33. The van der Waals surface area contributed by atoms with E-state index in [-0.39, 0.29) is 36.6 Å². The summed E-state index contributed by atoms with van der Waals surface area (Å²) in [7, 11) is -1.98. The maximum atomic E-state index is 13.3. The molecule has 184 valence electrons. The fourth-order valence-corrected chi connectivity index (χ4v) is 6.30. The second-order valence-corrected chi connectivity index (χ2v) is 11.4. The lowest BCUT2D eigenvalue weighted by molar-refractivity contribution is 0.00462. The highest BCUT2D eigenvalue weighted by molar-refractivity contribution is 7.91. The van der Waals surface area contributed by atoms with Gasteiger partial charge in [-0.25, -0.2) is 13.1 Å². The van der Waals surface area contributed by atoms with Crippen molar-refractivity contribution < 1.29 is 22.7 Å². The molecule has 2 N–H and O–H groups in total. The Bertz CT molecular complexity index is 1320. The molecule has 1 saturated heterocycles. The van der Waals surface area contributed by atoms with Crippen molar-refractivity contribution >= 4 is 21.8 Å². The molecule has 2 amide bonds. The molecule has 0 bridgehead atoms. The number of benzene rings is 1. The zero-order valence-corrected chi connectivity index (χ0v) is 20.1. The topological polar surface area (TPSA) is 146 Å². The van der Waals surface area contributed by atoms with Gasteiger partial charge in [0.05, 0.1) is 30.9 Å². The van der Waals surface area contributed by atoms with Crippen molar-refractivity contribution in [1.82, 2.24) is 24.7 Å². The molecule has 11 nitrogen and oxygen atoms in total. The van der Waals surface area contributed by atoms with E-state index in [0.29, 0.717) is 55.8 Å². The van der Waals surface area contributed by atoms with Crippen LogP contribution in [0.15, 0.2) is 24.3 Å². The van der Waals surface area contributed by atoms with E-state index in [1.165, 1.54) is 4.68 Å². The van der Waals surface area contributed by atoms with Crippen LogP contribution in [0.2, 0.25) is 0 Å². The van der Waals surface area contributed by atoms with Crippen LogP contribution in [-0.4, -0.2) is 72.0 Å². The van der Waals surface area contributed by atoms with Gasteiger partial charge >= 0.3 is 0 Å². The molecule has 0 atom stereocenters. The summed E-state index contributed by atoms with van der Waals surface area (Å²) in [5.74, 6) is -0.707. The van der Waals surface area contributed by atoms with E-state index >= 15 is 0 Å². The quantitative estimate of drug-likeness (QED) is 0.524. The molecule has 12 heteroatoms. The Morgan fingerprint density at radius 3 is 2.60 bits per heavy atom. The minimum atomic E-state index is -3.59. The Balaban J connectivity index is 1.27. The van der Waals surface area contributed by atoms with Crippen LogP contribution in [-0.2, 0) is 34.8 Å². The predicted molar refractivity (Wildman–Crippen MR) is 124 cm³/mol. The molecule has 2 aromatic rings. The van der Waals surface area contributed by atoms with Gasteiger partial charge in [-0.15, -0.1) is 0 Å². The van der Waals surface area contributed by atoms with Gasteiger partial charge in [-0.2, -0.15) is 10.4 Å². The maximum Gasteiger partial charge on any atom is 0.272 e. The van der Waals surface area contributed by atoms with E-state index in [2.05, 4.69) is 21.2 Å². The Kier molecular flexibility index (Phi) is 5.86. The average molecular weight is 499 g/mol. The largest absolute Gasteiger partial charge is 0.378 e. The molecule has 1 aromatic heterocycles. The van der Waals surface area contributed by atoms with Crippen LogP contribution < -0.4 is 10.0 Å². The smallest absolute Gasteiger partial charge is 0.272 e. The van der Waals surface area contributed by atoms with Crippen LogP contribution in [0, 0.1) is 11.3 Å². The first-order valence-corrected chi connectivity index (χ1v) is 12.9. The van der Waals surface area contributed by atoms with Crippen molar-refractivity contribution in [2.45, 2.75) is 36.6 Å². The summed E-state index contributed by atoms with van der Waals surface area (Å²) in [6, 6.07) is 8.74. The molecular weight excluding hydrogens is 472 g/mol. The number of aromatic nitrogens is 2. The van der Waals surface area contributed by atoms with Gasteiger partial charge < -0.3 is 15.0 Å². The number of carbonyl (C=O) groups is 2. The molecule has 0 radical (unpaired) electrons. The lowest BCUT2D eigenvalue weighted by Crippen LogP contribution is -2.55. The number of rotatable bonds is 8. The van der Waals surface area contributed by atoms with Gasteiger partial charge in [-0.1, -0.05) is 12.1 Å². The molecule has 1 aromatic carbocycles. The molecule has 0 unspecified atom stereocenters. The van der Waals surface area contributed by atoms with Gasteiger partial charge in [-0.05, 0) is 37.0 Å². The number of carbonyl (C=O) groups excluding carboxylic acids is 2. The van der Waals surface area contributed by atoms with Crippen molar-refractivity contribution in [1.29, 1.82) is 5.26 Å². The summed E-state index contributed by atoms with van der Waals surface area (Å²) in [5, 5.41) is 16.0. The molecule has 1 saturated carbocycles. The van der Waals surface area contributed by atoms with Crippen LogP contribution in [0.1, 0.15) is 50.5 Å². The Morgan fingerprint density at radius 1 is 1.29 bits per heavy atom. The third-order valence-electron chi connectivity index (χ3n) is 6.83. The number of nitriles is 1. The van der Waals surface area contributed by atoms with Crippen molar-refractivity contribution in [3.63, 3.8) is 0 Å². The summed E-state index contributed by atoms with van der Waals surface area (Å²) < 4.78 is 34.1. The van der Waals surface area contributed by atoms with Crippen molar-refractivity contribution in [2.75, 3.05) is 26.3 Å². The second-order valence-electron chi connectivity index (χ2n) is 9.31. The summed E-state index contributed by atoms with van der Waals surface area (Å²) >= 11 is 0. The first-order chi connectivity index (χ1) is 16.7. The van der Waals surface area contributed by atoms with Crippen LogP contribution >= 0.6 is 0 Å². The molecular formula is C23H26N6O5S. The third-order valence-corrected chi connectivity index (χ3v) is 9.16. The fraction of sp³-hybridized carbons (Fsp3) is 0.478. The minimum Gasteiger partial charge on any atom is -0.378 e. The van der Waals surface area contributed by atoms with Gasteiger partial charge in [0.15, 0.2) is 5.69 Å². The minimum absolute atomic E-state index is 0.111. The molecule has 0 spiro atoms. The molecule has 5 rings (SSSR count). The van der Waals surface area contributed by atoms with Crippen LogP contribution in [0.5, 0.6) is 0 Å². The van der Waals surface area contributed by atoms with E-state index in [1.807, 2.05) is 0 Å². The number of hydrogen-bond donors (Lipinski definition) is 2. The number of aryl methyl sites for hydroxylation is 1. The van der Waals surface area contributed by atoms with Gasteiger partial charge in [0, 0.05) is 32.2 Å². The zero-order chi connectivity index (χ0) is 24.8. The van der Waals surface area contributed by atoms with Gasteiger partial charge in [0.1, 0.15) is 10.4 Å². The van der Waals surface area contributed by atoms with Crippen molar-refractivity contribution in [3.8, 4) is 6.07 Å². The molecule has 1 aliphatic carbocycles. The van der Waals surface area contributed by atoms with Gasteiger partial charge in [0.25, 0.3) is 11.8 Å². The molecule has 2 aliphatic heterocycles. The summed E-state index contributed by atoms with van der Waals surface area (Å²) in [6.07, 6.45) is 1.41. The number of nitrogens with one attached hydrogen (secondary N) is 2. The molecule has 35 heavy (non-hydrogen) atoms. The highest BCUT2D eigenvalue weighted by Gasteiger charge is 2.57. The number of nitrogens with zero attached hydrogens (tertiary/aromatic N) is 4. The summed E-state index contributed by atoms with van der Waals surface area (Å²) in [5.41, 5.74) is 2.46. The number of sulfonamides is 1. The summed E-state index contributed by atoms with van der Waals surface area (Å²) in [6.45, 7) is 1.42. The number of amides is 2. The molecule has 3 heterocycles. The zero-order valence-electron chi connectivity index (χ0n) is 19.3. The van der Waals surface area contributed by atoms with E-state index in [1.54, 1.807) is 36.2 Å². The highest BCUT2D eigenvalue weighted by atomic mass is 32.2. The monoisotopic (exact) mass is 498 g/mol. The Morgan fingerprint density at radius 2 is 2.00 bits per heavy atom. The van der Waals surface area contributed by atoms with E-state index < -0.39 is 14.8 Å². The number of hydrogen-bond acceptors (Lipinski definition) is 7. The summed E-state index contributed by atoms with van der Waals surface area (Å²) in [4.78, 5) is 27.7. The van der Waals surface area contributed by atoms with Crippen LogP contribution in [0.25, 0.3) is 0 Å². The van der Waals surface area contributed by atoms with E-state index in [0.717, 1.165) is 5.56 Å². The second kappa shape index (κ2) is 8.75. The van der Waals surface area contributed by atoms with Gasteiger partial charge in [0.2, 0.25) is 10.0 Å². The van der Waals surface area contributed by atoms with Crippen LogP contribution in [0.3, 0.4) is 0 Å². The Labute approximate surface area is 203 Å². The Hall–Kier alpha value is -3.27. The lowest BCUT2D eigenvalue weighted by atomic mass is 10.0. The molecule has 2 fully saturated rings. The normalized spacial score (nSPS) is 19.0. The first-order valence-electron chi connectivity index (χ1n) is 11.4. The predicted octanol–water partition coefficient (Wildman–Crippen LogP) is 0.0709. The molecule has 3 aliphatic rings. The van der Waals surface area contributed by atoms with E-state index in [4.69, 9.17) is 10.00 Å². The SMILES string of the molecule is Cn1nc(C(=O)NCc2ccc(C#N)cc2)c2c1C(=O)N(CC1(S(=O)(=O)NC3COC3)CC1)CC2. The number of ether oxygens (including phenoxy) is 1. The maximum absolute atomic E-state index is 13.3. The standard InChI is InChI=1S/C23H26N6O5S/c1-28-20-18(19(26-28)21(30)25-11-16-4-2-15(10-24)3-5-16)6-9-29(22(20)31)14-23(7-8-23)35(32,33)27-17-12-34-13-17/h2-5,17,27H,6-9,11-14H2,1H3,(H,25,30). The fourth-order valence-electron chi connectivity index (χ4n) is 4.51. The highest BCUT2D eigenvalue weighted by Crippen LogP contribution is 2.44. The van der Waals surface area contributed by atoms with E-state index in [9.17, 15) is 18.0 Å². The average Bonchev–Trinajstić information content (AvgIpc) is 3.54. The third kappa shape index (κ3) is 4.31. The van der Waals surface area contributed by atoms with Crippen molar-refractivity contribution in [2.24, 2.45) is 7.05 Å². The first kappa shape index (κ1) is 23.5. The number of fused-ring (bicyclic) bond motifs is 1.